The highest BCUT2D eigenvalue weighted by molar-refractivity contribution is 8.00. The zero-order chi connectivity index (χ0) is 14.8. The Morgan fingerprint density at radius 1 is 1.43 bits per heavy atom. The Hall–Kier alpha value is -1.53. The predicted molar refractivity (Wildman–Crippen MR) is 83.2 cm³/mol. The Morgan fingerprint density at radius 2 is 2.24 bits per heavy atom. The third-order valence-corrected chi connectivity index (χ3v) is 5.00. The quantitative estimate of drug-likeness (QED) is 0.868. The summed E-state index contributed by atoms with van der Waals surface area (Å²) in [5.41, 5.74) is 1.82. The molecule has 0 aliphatic carbocycles. The van der Waals surface area contributed by atoms with E-state index in [4.69, 9.17) is 11.6 Å². The molecule has 0 bridgehead atoms. The van der Waals surface area contributed by atoms with Gasteiger partial charge in [-0.25, -0.2) is 4.68 Å². The Kier molecular flexibility index (Phi) is 4.17. The van der Waals surface area contributed by atoms with Gasteiger partial charge in [0, 0.05) is 11.6 Å². The van der Waals surface area contributed by atoms with E-state index < -0.39 is 0 Å². The smallest absolute Gasteiger partial charge is 0.233 e. The number of rotatable bonds is 4. The van der Waals surface area contributed by atoms with Crippen LogP contribution in [0, 0.1) is 0 Å². The average Bonchev–Trinajstić information content (AvgIpc) is 3.07. The minimum atomic E-state index is -0.0255. The SMILES string of the molecule is CCN1C(=O)CS[C@@H]1c1cn(Cc2ccccc2Cl)nn1. The van der Waals surface area contributed by atoms with Gasteiger partial charge in [0.25, 0.3) is 0 Å². The fourth-order valence-corrected chi connectivity index (χ4v) is 3.73. The van der Waals surface area contributed by atoms with E-state index in [0.29, 0.717) is 18.8 Å². The van der Waals surface area contributed by atoms with Gasteiger partial charge in [-0.3, -0.25) is 4.79 Å². The summed E-state index contributed by atoms with van der Waals surface area (Å²) in [6.45, 7) is 3.24. The number of aromatic nitrogens is 3. The Labute approximate surface area is 132 Å². The summed E-state index contributed by atoms with van der Waals surface area (Å²) < 4.78 is 1.76. The zero-order valence-corrected chi connectivity index (χ0v) is 13.1. The van der Waals surface area contributed by atoms with E-state index in [0.717, 1.165) is 16.3 Å². The Bertz CT molecular complexity index is 660. The molecule has 1 aliphatic rings. The first kappa shape index (κ1) is 14.4. The van der Waals surface area contributed by atoms with Gasteiger partial charge in [0.05, 0.1) is 18.5 Å². The molecular formula is C14H15ClN4OS. The summed E-state index contributed by atoms with van der Waals surface area (Å²) in [7, 11) is 0. The van der Waals surface area contributed by atoms with Gasteiger partial charge in [-0.2, -0.15) is 0 Å². The number of thioether (sulfide) groups is 1. The van der Waals surface area contributed by atoms with Gasteiger partial charge in [0.1, 0.15) is 11.1 Å². The summed E-state index contributed by atoms with van der Waals surface area (Å²) >= 11 is 7.75. The van der Waals surface area contributed by atoms with E-state index in [-0.39, 0.29) is 11.3 Å². The van der Waals surface area contributed by atoms with Crippen LogP contribution in [0.1, 0.15) is 23.6 Å². The molecule has 0 unspecified atom stereocenters. The van der Waals surface area contributed by atoms with E-state index in [1.165, 1.54) is 0 Å². The van der Waals surface area contributed by atoms with Crippen LogP contribution < -0.4 is 0 Å². The van der Waals surface area contributed by atoms with Crippen LogP contribution in [0.5, 0.6) is 0 Å². The number of hydrogen-bond donors (Lipinski definition) is 0. The van der Waals surface area contributed by atoms with Crippen molar-refractivity contribution in [3.63, 3.8) is 0 Å². The van der Waals surface area contributed by atoms with Crippen LogP contribution in [-0.2, 0) is 11.3 Å². The van der Waals surface area contributed by atoms with E-state index >= 15 is 0 Å². The first-order chi connectivity index (χ1) is 10.2. The lowest BCUT2D eigenvalue weighted by molar-refractivity contribution is -0.127. The highest BCUT2D eigenvalue weighted by Crippen LogP contribution is 2.37. The zero-order valence-electron chi connectivity index (χ0n) is 11.6. The molecule has 1 fully saturated rings. The molecule has 1 saturated heterocycles. The van der Waals surface area contributed by atoms with Crippen LogP contribution in [-0.4, -0.2) is 38.1 Å². The van der Waals surface area contributed by atoms with Crippen molar-refractivity contribution in [1.82, 2.24) is 19.9 Å². The molecule has 0 radical (unpaired) electrons. The van der Waals surface area contributed by atoms with Crippen molar-refractivity contribution in [2.75, 3.05) is 12.3 Å². The molecule has 3 rings (SSSR count). The Morgan fingerprint density at radius 3 is 3.00 bits per heavy atom. The lowest BCUT2D eigenvalue weighted by Gasteiger charge is -2.19. The molecule has 110 valence electrons. The molecule has 0 saturated carbocycles. The standard InChI is InChI=1S/C14H15ClN4OS/c1-2-19-13(20)9-21-14(19)12-8-18(17-16-12)7-10-5-3-4-6-11(10)15/h3-6,8,14H,2,7,9H2,1H3/t14-/m1/s1. The van der Waals surface area contributed by atoms with Crippen LogP contribution in [0.3, 0.4) is 0 Å². The number of amides is 1. The van der Waals surface area contributed by atoms with Crippen molar-refractivity contribution in [2.24, 2.45) is 0 Å². The fraction of sp³-hybridized carbons (Fsp3) is 0.357. The van der Waals surface area contributed by atoms with Gasteiger partial charge >= 0.3 is 0 Å². The minimum Gasteiger partial charge on any atom is -0.324 e. The maximum atomic E-state index is 11.8. The number of halogens is 1. The molecule has 1 amide bonds. The van der Waals surface area contributed by atoms with Gasteiger partial charge in [0.15, 0.2) is 0 Å². The van der Waals surface area contributed by atoms with Crippen molar-refractivity contribution in [3.8, 4) is 0 Å². The van der Waals surface area contributed by atoms with Crippen molar-refractivity contribution in [1.29, 1.82) is 0 Å². The van der Waals surface area contributed by atoms with Gasteiger partial charge in [-0.1, -0.05) is 35.0 Å². The Balaban J connectivity index is 1.78. The third-order valence-electron chi connectivity index (χ3n) is 3.41. The molecule has 1 aliphatic heterocycles. The average molecular weight is 323 g/mol. The number of nitrogens with zero attached hydrogens (tertiary/aromatic N) is 4. The van der Waals surface area contributed by atoms with Gasteiger partial charge in [-0.15, -0.1) is 16.9 Å². The number of carbonyl (C=O) groups is 1. The van der Waals surface area contributed by atoms with Crippen molar-refractivity contribution < 1.29 is 4.79 Å². The predicted octanol–water partition coefficient (Wildman–Crippen LogP) is 2.57. The van der Waals surface area contributed by atoms with Crippen molar-refractivity contribution >= 4 is 29.3 Å². The molecule has 1 aromatic heterocycles. The molecule has 2 aromatic rings. The largest absolute Gasteiger partial charge is 0.324 e. The van der Waals surface area contributed by atoms with Gasteiger partial charge in [-0.05, 0) is 18.6 Å². The summed E-state index contributed by atoms with van der Waals surface area (Å²) in [5.74, 6) is 0.670. The lowest BCUT2D eigenvalue weighted by Crippen LogP contribution is -2.27. The van der Waals surface area contributed by atoms with Crippen LogP contribution in [0.4, 0.5) is 0 Å². The molecule has 7 heteroatoms. The topological polar surface area (TPSA) is 51.0 Å². The molecule has 2 heterocycles. The summed E-state index contributed by atoms with van der Waals surface area (Å²) in [4.78, 5) is 13.6. The molecule has 1 atom stereocenters. The van der Waals surface area contributed by atoms with E-state index in [2.05, 4.69) is 10.3 Å². The van der Waals surface area contributed by atoms with Gasteiger partial charge < -0.3 is 4.90 Å². The molecule has 0 spiro atoms. The number of benzene rings is 1. The molecule has 1 aromatic carbocycles. The van der Waals surface area contributed by atoms with Crippen LogP contribution >= 0.6 is 23.4 Å². The highest BCUT2D eigenvalue weighted by atomic mass is 35.5. The maximum Gasteiger partial charge on any atom is 0.233 e. The first-order valence-electron chi connectivity index (χ1n) is 6.73. The molecule has 5 nitrogen and oxygen atoms in total. The second kappa shape index (κ2) is 6.07. The normalized spacial score (nSPS) is 18.5. The lowest BCUT2D eigenvalue weighted by atomic mass is 10.2. The number of carbonyl (C=O) groups excluding carboxylic acids is 1. The van der Waals surface area contributed by atoms with E-state index in [1.54, 1.807) is 16.4 Å². The van der Waals surface area contributed by atoms with Crippen LogP contribution in [0.2, 0.25) is 5.02 Å². The first-order valence-corrected chi connectivity index (χ1v) is 8.16. The second-order valence-corrected chi connectivity index (χ2v) is 6.25. The highest BCUT2D eigenvalue weighted by Gasteiger charge is 2.33. The van der Waals surface area contributed by atoms with Crippen LogP contribution in [0.15, 0.2) is 30.5 Å². The minimum absolute atomic E-state index is 0.0255. The summed E-state index contributed by atoms with van der Waals surface area (Å²) in [6, 6.07) is 7.68. The summed E-state index contributed by atoms with van der Waals surface area (Å²) in [6.07, 6.45) is 1.89. The summed E-state index contributed by atoms with van der Waals surface area (Å²) in [5, 5.41) is 9.05. The van der Waals surface area contributed by atoms with Crippen molar-refractivity contribution in [2.45, 2.75) is 18.8 Å². The number of hydrogen-bond acceptors (Lipinski definition) is 4. The van der Waals surface area contributed by atoms with Crippen LogP contribution in [0.25, 0.3) is 0 Å². The molecular weight excluding hydrogens is 308 g/mol. The van der Waals surface area contributed by atoms with E-state index in [1.807, 2.05) is 42.3 Å². The maximum absolute atomic E-state index is 11.8. The fourth-order valence-electron chi connectivity index (χ4n) is 2.35. The second-order valence-electron chi connectivity index (χ2n) is 4.78. The molecule has 0 N–H and O–H groups in total. The van der Waals surface area contributed by atoms with Crippen molar-refractivity contribution in [3.05, 3.63) is 46.7 Å². The van der Waals surface area contributed by atoms with E-state index in [9.17, 15) is 4.79 Å². The van der Waals surface area contributed by atoms with Gasteiger partial charge in [0.2, 0.25) is 5.91 Å². The molecule has 21 heavy (non-hydrogen) atoms. The monoisotopic (exact) mass is 322 g/mol. The third kappa shape index (κ3) is 2.91.